The van der Waals surface area contributed by atoms with Crippen LogP contribution in [0.2, 0.25) is 0 Å². The SMILES string of the molecule is CCOc1ccc2c(c1)C(O)c1cc(OCC)ccc1C(F)(F)C2(F)F. The number of aliphatic hydroxyl groups excluding tert-OH is 1. The number of hydrogen-bond acceptors (Lipinski definition) is 3. The first-order valence-corrected chi connectivity index (χ1v) is 8.22. The minimum absolute atomic E-state index is 0.217. The third-order valence-electron chi connectivity index (χ3n) is 4.33. The van der Waals surface area contributed by atoms with Gasteiger partial charge in [-0.2, -0.15) is 17.6 Å². The van der Waals surface area contributed by atoms with Crippen molar-refractivity contribution < 1.29 is 32.1 Å². The van der Waals surface area contributed by atoms with Gasteiger partial charge in [-0.1, -0.05) is 0 Å². The molecule has 1 aliphatic rings. The van der Waals surface area contributed by atoms with Crippen LogP contribution in [0.1, 0.15) is 42.2 Å². The van der Waals surface area contributed by atoms with Crippen LogP contribution in [0.4, 0.5) is 17.6 Å². The molecule has 2 aromatic rings. The predicted octanol–water partition coefficient (Wildman–Crippen LogP) is 4.76. The zero-order valence-corrected chi connectivity index (χ0v) is 14.2. The lowest BCUT2D eigenvalue weighted by molar-refractivity contribution is -0.223. The average molecular weight is 370 g/mol. The molecule has 0 radical (unpaired) electrons. The van der Waals surface area contributed by atoms with E-state index in [1.54, 1.807) is 13.8 Å². The average Bonchev–Trinajstić information content (AvgIpc) is 2.64. The zero-order valence-electron chi connectivity index (χ0n) is 14.2. The first-order valence-electron chi connectivity index (χ1n) is 8.22. The second-order valence-electron chi connectivity index (χ2n) is 5.92. The molecule has 0 unspecified atom stereocenters. The summed E-state index contributed by atoms with van der Waals surface area (Å²) in [6.07, 6.45) is -1.67. The van der Waals surface area contributed by atoms with Gasteiger partial charge in [-0.3, -0.25) is 0 Å². The standard InChI is InChI=1S/C19H18F4O3/c1-3-25-11-5-7-15-13(9-11)17(24)14-10-12(26-4-2)6-8-16(14)19(22,23)18(15,20)21/h5-10,17,24H,3-4H2,1-2H3. The van der Waals surface area contributed by atoms with Crippen LogP contribution in [0, 0.1) is 0 Å². The Morgan fingerprint density at radius 3 is 1.54 bits per heavy atom. The van der Waals surface area contributed by atoms with E-state index in [0.29, 0.717) is 0 Å². The summed E-state index contributed by atoms with van der Waals surface area (Å²) >= 11 is 0. The van der Waals surface area contributed by atoms with Crippen molar-refractivity contribution in [2.24, 2.45) is 0 Å². The molecule has 0 fully saturated rings. The molecule has 3 nitrogen and oxygen atoms in total. The molecule has 0 saturated carbocycles. The molecule has 0 saturated heterocycles. The molecule has 3 rings (SSSR count). The number of aliphatic hydroxyl groups is 1. The van der Waals surface area contributed by atoms with Gasteiger partial charge in [0, 0.05) is 11.1 Å². The summed E-state index contributed by atoms with van der Waals surface area (Å²) in [6.45, 7) is 3.95. The van der Waals surface area contributed by atoms with E-state index < -0.39 is 29.1 Å². The number of hydrogen-bond donors (Lipinski definition) is 1. The Balaban J connectivity index is 2.28. The van der Waals surface area contributed by atoms with E-state index in [9.17, 15) is 22.7 Å². The highest BCUT2D eigenvalue weighted by atomic mass is 19.3. The van der Waals surface area contributed by atoms with Gasteiger partial charge in [0.25, 0.3) is 0 Å². The summed E-state index contributed by atoms with van der Waals surface area (Å²) in [4.78, 5) is 0. The molecule has 2 aromatic carbocycles. The number of benzene rings is 2. The third-order valence-corrected chi connectivity index (χ3v) is 4.33. The van der Waals surface area contributed by atoms with Crippen molar-refractivity contribution in [3.63, 3.8) is 0 Å². The molecule has 140 valence electrons. The number of ether oxygens (including phenoxy) is 2. The minimum Gasteiger partial charge on any atom is -0.494 e. The summed E-state index contributed by atoms with van der Waals surface area (Å²) in [7, 11) is 0. The first-order chi connectivity index (χ1) is 12.2. The summed E-state index contributed by atoms with van der Waals surface area (Å²) in [5, 5.41) is 10.7. The Bertz CT molecular complexity index is 753. The van der Waals surface area contributed by atoms with E-state index in [2.05, 4.69) is 0 Å². The molecular weight excluding hydrogens is 352 g/mol. The first kappa shape index (κ1) is 18.5. The molecular formula is C19H18F4O3. The van der Waals surface area contributed by atoms with Crippen molar-refractivity contribution in [1.82, 2.24) is 0 Å². The van der Waals surface area contributed by atoms with Crippen LogP contribution in [-0.4, -0.2) is 18.3 Å². The number of fused-ring (bicyclic) bond motifs is 2. The fraction of sp³-hybridized carbons (Fsp3) is 0.368. The lowest BCUT2D eigenvalue weighted by atomic mass is 9.96. The van der Waals surface area contributed by atoms with Gasteiger partial charge in [-0.25, -0.2) is 0 Å². The number of halogens is 4. The van der Waals surface area contributed by atoms with Crippen molar-refractivity contribution >= 4 is 0 Å². The van der Waals surface area contributed by atoms with E-state index in [1.165, 1.54) is 24.3 Å². The number of alkyl halides is 4. The normalized spacial score (nSPS) is 17.8. The van der Waals surface area contributed by atoms with Gasteiger partial charge < -0.3 is 14.6 Å². The van der Waals surface area contributed by atoms with Gasteiger partial charge in [0.1, 0.15) is 17.6 Å². The Hall–Kier alpha value is -2.28. The van der Waals surface area contributed by atoms with Crippen molar-refractivity contribution in [3.05, 3.63) is 58.7 Å². The lowest BCUT2D eigenvalue weighted by Crippen LogP contribution is -2.35. The van der Waals surface area contributed by atoms with Crippen LogP contribution < -0.4 is 9.47 Å². The molecule has 0 aromatic heterocycles. The van der Waals surface area contributed by atoms with E-state index in [1.807, 2.05) is 0 Å². The Morgan fingerprint density at radius 1 is 0.808 bits per heavy atom. The summed E-state index contributed by atoms with van der Waals surface area (Å²) in [5.41, 5.74) is -2.47. The molecule has 0 aliphatic heterocycles. The predicted molar refractivity (Wildman–Crippen MR) is 87.1 cm³/mol. The fourth-order valence-electron chi connectivity index (χ4n) is 3.12. The highest BCUT2D eigenvalue weighted by Crippen LogP contribution is 2.56. The molecule has 1 N–H and O–H groups in total. The Labute approximate surface area is 148 Å². The summed E-state index contributed by atoms with van der Waals surface area (Å²) < 4.78 is 69.4. The van der Waals surface area contributed by atoms with Gasteiger partial charge in [0.15, 0.2) is 0 Å². The van der Waals surface area contributed by atoms with Gasteiger partial charge in [0.05, 0.1) is 13.2 Å². The highest BCUT2D eigenvalue weighted by molar-refractivity contribution is 5.52. The van der Waals surface area contributed by atoms with Crippen molar-refractivity contribution in [2.75, 3.05) is 13.2 Å². The van der Waals surface area contributed by atoms with Crippen molar-refractivity contribution in [3.8, 4) is 11.5 Å². The van der Waals surface area contributed by atoms with Crippen LogP contribution in [0.15, 0.2) is 36.4 Å². The monoisotopic (exact) mass is 370 g/mol. The second kappa shape index (κ2) is 6.46. The van der Waals surface area contributed by atoms with Crippen LogP contribution in [0.5, 0.6) is 11.5 Å². The van der Waals surface area contributed by atoms with Gasteiger partial charge in [-0.05, 0) is 61.4 Å². The molecule has 0 heterocycles. The summed E-state index contributed by atoms with van der Waals surface area (Å²) in [5.74, 6) is -8.55. The van der Waals surface area contributed by atoms with Crippen LogP contribution in [0.3, 0.4) is 0 Å². The van der Waals surface area contributed by atoms with Gasteiger partial charge in [-0.15, -0.1) is 0 Å². The van der Waals surface area contributed by atoms with Crippen LogP contribution in [0.25, 0.3) is 0 Å². The van der Waals surface area contributed by atoms with E-state index in [4.69, 9.17) is 9.47 Å². The summed E-state index contributed by atoms with van der Waals surface area (Å²) in [6, 6.07) is 6.51. The maximum atomic E-state index is 14.7. The molecule has 0 bridgehead atoms. The van der Waals surface area contributed by atoms with Crippen LogP contribution >= 0.6 is 0 Å². The maximum absolute atomic E-state index is 14.7. The topological polar surface area (TPSA) is 38.7 Å². The Kier molecular flexibility index (Phi) is 4.60. The van der Waals surface area contributed by atoms with Crippen molar-refractivity contribution in [2.45, 2.75) is 31.8 Å². The van der Waals surface area contributed by atoms with Crippen LogP contribution in [-0.2, 0) is 11.8 Å². The van der Waals surface area contributed by atoms with E-state index >= 15 is 0 Å². The van der Waals surface area contributed by atoms with Gasteiger partial charge >= 0.3 is 11.8 Å². The lowest BCUT2D eigenvalue weighted by Gasteiger charge is -2.27. The highest BCUT2D eigenvalue weighted by Gasteiger charge is 2.62. The minimum atomic E-state index is -4.49. The zero-order chi connectivity index (χ0) is 19.1. The quantitative estimate of drug-likeness (QED) is 0.789. The molecule has 0 spiro atoms. The van der Waals surface area contributed by atoms with Gasteiger partial charge in [0.2, 0.25) is 0 Å². The molecule has 0 amide bonds. The fourth-order valence-corrected chi connectivity index (χ4v) is 3.12. The van der Waals surface area contributed by atoms with Crippen molar-refractivity contribution in [1.29, 1.82) is 0 Å². The number of rotatable bonds is 4. The molecule has 1 aliphatic carbocycles. The molecule has 26 heavy (non-hydrogen) atoms. The molecule has 7 heteroatoms. The second-order valence-corrected chi connectivity index (χ2v) is 5.92. The molecule has 0 atom stereocenters. The van der Waals surface area contributed by atoms with E-state index in [0.717, 1.165) is 12.1 Å². The Morgan fingerprint density at radius 2 is 1.19 bits per heavy atom. The maximum Gasteiger partial charge on any atom is 0.340 e. The largest absolute Gasteiger partial charge is 0.494 e. The smallest absolute Gasteiger partial charge is 0.340 e. The van der Waals surface area contributed by atoms with E-state index in [-0.39, 0.29) is 35.8 Å². The third kappa shape index (κ3) is 2.70.